The van der Waals surface area contributed by atoms with E-state index < -0.39 is 23.8 Å². The van der Waals surface area contributed by atoms with Gasteiger partial charge in [-0.1, -0.05) is 35.9 Å². The maximum absolute atomic E-state index is 13.6. The van der Waals surface area contributed by atoms with Gasteiger partial charge in [-0.05, 0) is 50.6 Å². The minimum atomic E-state index is -1.12. The third-order valence-electron chi connectivity index (χ3n) is 4.30. The normalized spacial score (nSPS) is 11.8. The number of nitrogens with zero attached hydrogens (tertiary/aromatic N) is 2. The SMILES string of the molecule is Cc1ccc(NC(=O)[C@@H](C)OC(=O)c2c(C)nn(-c3ccccc3)c2Cl)cc1F. The molecule has 0 aliphatic carbocycles. The predicted octanol–water partition coefficient (Wildman–Crippen LogP) is 4.47. The Labute approximate surface area is 172 Å². The Morgan fingerprint density at radius 2 is 1.86 bits per heavy atom. The van der Waals surface area contributed by atoms with Crippen molar-refractivity contribution in [3.63, 3.8) is 0 Å². The van der Waals surface area contributed by atoms with E-state index in [-0.39, 0.29) is 16.4 Å². The number of hydrogen-bond donors (Lipinski definition) is 1. The van der Waals surface area contributed by atoms with E-state index in [9.17, 15) is 14.0 Å². The number of nitrogens with one attached hydrogen (secondary N) is 1. The fourth-order valence-corrected chi connectivity index (χ4v) is 3.01. The molecule has 150 valence electrons. The van der Waals surface area contributed by atoms with Gasteiger partial charge in [0.2, 0.25) is 0 Å². The second-order valence-electron chi connectivity index (χ2n) is 6.50. The average molecular weight is 416 g/mol. The van der Waals surface area contributed by atoms with E-state index in [1.807, 2.05) is 18.2 Å². The molecule has 8 heteroatoms. The molecule has 1 amide bonds. The van der Waals surface area contributed by atoms with Gasteiger partial charge in [-0.3, -0.25) is 4.79 Å². The Balaban J connectivity index is 1.73. The van der Waals surface area contributed by atoms with Crippen LogP contribution in [0.3, 0.4) is 0 Å². The van der Waals surface area contributed by atoms with Gasteiger partial charge in [0.15, 0.2) is 6.10 Å². The van der Waals surface area contributed by atoms with Gasteiger partial charge in [-0.2, -0.15) is 5.10 Å². The number of aromatic nitrogens is 2. The van der Waals surface area contributed by atoms with E-state index >= 15 is 0 Å². The summed E-state index contributed by atoms with van der Waals surface area (Å²) in [5.41, 5.74) is 1.87. The molecule has 0 bridgehead atoms. The molecule has 0 spiro atoms. The first-order chi connectivity index (χ1) is 13.8. The van der Waals surface area contributed by atoms with Crippen LogP contribution in [0.4, 0.5) is 10.1 Å². The predicted molar refractivity (Wildman–Crippen MR) is 108 cm³/mol. The van der Waals surface area contributed by atoms with E-state index in [1.54, 1.807) is 38.1 Å². The number of carbonyl (C=O) groups excluding carboxylic acids is 2. The van der Waals surface area contributed by atoms with Crippen molar-refractivity contribution in [2.75, 3.05) is 5.32 Å². The summed E-state index contributed by atoms with van der Waals surface area (Å²) >= 11 is 6.34. The van der Waals surface area contributed by atoms with Crippen LogP contribution in [-0.4, -0.2) is 27.8 Å². The Kier molecular flexibility index (Phi) is 5.98. The largest absolute Gasteiger partial charge is 0.449 e. The van der Waals surface area contributed by atoms with Crippen LogP contribution in [-0.2, 0) is 9.53 Å². The second-order valence-corrected chi connectivity index (χ2v) is 6.86. The number of benzene rings is 2. The van der Waals surface area contributed by atoms with Crippen LogP contribution >= 0.6 is 11.6 Å². The number of ether oxygens (including phenoxy) is 1. The van der Waals surface area contributed by atoms with E-state index in [0.717, 1.165) is 0 Å². The lowest BCUT2D eigenvalue weighted by Gasteiger charge is -2.14. The van der Waals surface area contributed by atoms with Crippen molar-refractivity contribution in [2.45, 2.75) is 26.9 Å². The van der Waals surface area contributed by atoms with Gasteiger partial charge in [0, 0.05) is 5.69 Å². The first-order valence-corrected chi connectivity index (χ1v) is 9.24. The van der Waals surface area contributed by atoms with Crippen molar-refractivity contribution in [1.29, 1.82) is 0 Å². The molecule has 6 nitrogen and oxygen atoms in total. The summed E-state index contributed by atoms with van der Waals surface area (Å²) in [6.45, 7) is 4.66. The fourth-order valence-electron chi connectivity index (χ4n) is 2.66. The van der Waals surface area contributed by atoms with Gasteiger partial charge in [0.25, 0.3) is 5.91 Å². The first-order valence-electron chi connectivity index (χ1n) is 8.86. The van der Waals surface area contributed by atoms with Crippen molar-refractivity contribution >= 4 is 29.2 Å². The molecule has 0 unspecified atom stereocenters. The third kappa shape index (κ3) is 4.46. The lowest BCUT2D eigenvalue weighted by Crippen LogP contribution is -2.30. The summed E-state index contributed by atoms with van der Waals surface area (Å²) in [6, 6.07) is 13.4. The van der Waals surface area contributed by atoms with E-state index in [1.165, 1.54) is 17.7 Å². The van der Waals surface area contributed by atoms with Gasteiger partial charge in [-0.15, -0.1) is 0 Å². The van der Waals surface area contributed by atoms with E-state index in [4.69, 9.17) is 16.3 Å². The molecular formula is C21H19ClFN3O3. The number of carbonyl (C=O) groups is 2. The maximum atomic E-state index is 13.6. The monoisotopic (exact) mass is 415 g/mol. The topological polar surface area (TPSA) is 73.2 Å². The molecule has 29 heavy (non-hydrogen) atoms. The molecule has 0 saturated heterocycles. The van der Waals surface area contributed by atoms with Crippen molar-refractivity contribution in [2.24, 2.45) is 0 Å². The number of hydrogen-bond acceptors (Lipinski definition) is 4. The lowest BCUT2D eigenvalue weighted by molar-refractivity contribution is -0.123. The highest BCUT2D eigenvalue weighted by atomic mass is 35.5. The van der Waals surface area contributed by atoms with Crippen molar-refractivity contribution in [3.8, 4) is 5.69 Å². The van der Waals surface area contributed by atoms with Crippen LogP contribution in [0.5, 0.6) is 0 Å². The van der Waals surface area contributed by atoms with Crippen molar-refractivity contribution < 1.29 is 18.7 Å². The Hall–Kier alpha value is -3.19. The van der Waals surface area contributed by atoms with Crippen LogP contribution in [0.1, 0.15) is 28.5 Å². The number of esters is 1. The third-order valence-corrected chi connectivity index (χ3v) is 4.65. The Morgan fingerprint density at radius 3 is 2.52 bits per heavy atom. The molecule has 3 rings (SSSR count). The van der Waals surface area contributed by atoms with Crippen LogP contribution in [0.25, 0.3) is 5.69 Å². The molecule has 0 aliphatic rings. The number of para-hydroxylation sites is 1. The fraction of sp³-hybridized carbons (Fsp3) is 0.190. The zero-order valence-corrected chi connectivity index (χ0v) is 16.8. The van der Waals surface area contributed by atoms with Gasteiger partial charge in [0.05, 0.1) is 11.4 Å². The lowest BCUT2D eigenvalue weighted by atomic mass is 10.2. The standard InChI is InChI=1S/C21H19ClFN3O3/c1-12-9-10-15(11-17(12)23)24-20(27)14(3)29-21(28)18-13(2)25-26(19(18)22)16-7-5-4-6-8-16/h4-11,14H,1-3H3,(H,24,27)/t14-/m1/s1. The molecule has 1 aromatic heterocycles. The smallest absolute Gasteiger partial charge is 0.344 e. The molecule has 1 heterocycles. The van der Waals surface area contributed by atoms with Crippen LogP contribution < -0.4 is 5.32 Å². The van der Waals surface area contributed by atoms with Gasteiger partial charge >= 0.3 is 5.97 Å². The second kappa shape index (κ2) is 8.45. The molecule has 2 aromatic carbocycles. The number of amides is 1. The molecular weight excluding hydrogens is 397 g/mol. The summed E-state index contributed by atoms with van der Waals surface area (Å²) in [5, 5.41) is 6.89. The highest BCUT2D eigenvalue weighted by molar-refractivity contribution is 6.33. The minimum absolute atomic E-state index is 0.0801. The summed E-state index contributed by atoms with van der Waals surface area (Å²) in [5.74, 6) is -1.80. The number of anilines is 1. The number of aryl methyl sites for hydroxylation is 2. The number of halogens is 2. The molecule has 1 atom stereocenters. The van der Waals surface area contributed by atoms with Crippen LogP contribution in [0.2, 0.25) is 5.15 Å². The average Bonchev–Trinajstić information content (AvgIpc) is 2.99. The van der Waals surface area contributed by atoms with Crippen LogP contribution in [0.15, 0.2) is 48.5 Å². The zero-order chi connectivity index (χ0) is 21.1. The van der Waals surface area contributed by atoms with Crippen molar-refractivity contribution in [3.05, 3.63) is 76.3 Å². The highest BCUT2D eigenvalue weighted by Crippen LogP contribution is 2.24. The maximum Gasteiger partial charge on any atom is 0.344 e. The van der Waals surface area contributed by atoms with E-state index in [2.05, 4.69) is 10.4 Å². The van der Waals surface area contributed by atoms with Gasteiger partial charge in [0.1, 0.15) is 16.5 Å². The minimum Gasteiger partial charge on any atom is -0.449 e. The quantitative estimate of drug-likeness (QED) is 0.624. The molecule has 1 N–H and O–H groups in total. The van der Waals surface area contributed by atoms with Crippen LogP contribution in [0, 0.1) is 19.7 Å². The van der Waals surface area contributed by atoms with Gasteiger partial charge in [-0.25, -0.2) is 13.9 Å². The highest BCUT2D eigenvalue weighted by Gasteiger charge is 2.26. The number of rotatable bonds is 5. The Morgan fingerprint density at radius 1 is 1.17 bits per heavy atom. The summed E-state index contributed by atoms with van der Waals surface area (Å²) in [6.07, 6.45) is -1.12. The molecule has 0 aliphatic heterocycles. The van der Waals surface area contributed by atoms with Crippen molar-refractivity contribution in [1.82, 2.24) is 9.78 Å². The summed E-state index contributed by atoms with van der Waals surface area (Å²) < 4.78 is 20.3. The summed E-state index contributed by atoms with van der Waals surface area (Å²) in [7, 11) is 0. The molecule has 0 fully saturated rings. The molecule has 3 aromatic rings. The van der Waals surface area contributed by atoms with E-state index in [0.29, 0.717) is 16.9 Å². The molecule has 0 radical (unpaired) electrons. The zero-order valence-electron chi connectivity index (χ0n) is 16.1. The summed E-state index contributed by atoms with van der Waals surface area (Å²) in [4.78, 5) is 24.9. The van der Waals surface area contributed by atoms with Gasteiger partial charge < -0.3 is 10.1 Å². The first kappa shape index (κ1) is 20.5. The molecule has 0 saturated carbocycles. The Bertz CT molecular complexity index is 1070.